The van der Waals surface area contributed by atoms with Crippen molar-refractivity contribution in [2.75, 3.05) is 6.54 Å². The summed E-state index contributed by atoms with van der Waals surface area (Å²) in [6.07, 6.45) is 0. The topological polar surface area (TPSA) is 89.0 Å². The van der Waals surface area contributed by atoms with E-state index in [1.54, 1.807) is 4.57 Å². The number of esters is 1. The van der Waals surface area contributed by atoms with Crippen LogP contribution in [-0.2, 0) is 27.5 Å². The maximum absolute atomic E-state index is 12.3. The summed E-state index contributed by atoms with van der Waals surface area (Å²) >= 11 is 5.23. The number of amides is 1. The van der Waals surface area contributed by atoms with Crippen LogP contribution in [0.15, 0.2) is 54.6 Å². The first-order valence-corrected chi connectivity index (χ1v) is 9.12. The van der Waals surface area contributed by atoms with Crippen LogP contribution >= 0.6 is 12.2 Å². The normalized spacial score (nSPS) is 10.5. The maximum atomic E-state index is 12.3. The van der Waals surface area contributed by atoms with Crippen molar-refractivity contribution in [3.8, 4) is 11.4 Å². The van der Waals surface area contributed by atoms with Crippen molar-refractivity contribution < 1.29 is 14.3 Å². The average Bonchev–Trinajstić information content (AvgIpc) is 3.06. The van der Waals surface area contributed by atoms with Crippen LogP contribution in [0.5, 0.6) is 0 Å². The number of aryl methyl sites for hydroxylation is 1. The minimum absolute atomic E-state index is 0.0510. The number of rotatable bonds is 7. The molecule has 0 bridgehead atoms. The van der Waals surface area contributed by atoms with Gasteiger partial charge in [0.05, 0.1) is 0 Å². The third-order valence-corrected chi connectivity index (χ3v) is 4.32. The van der Waals surface area contributed by atoms with E-state index in [1.165, 1.54) is 0 Å². The fourth-order valence-corrected chi connectivity index (χ4v) is 2.82. The number of ether oxygens (including phenoxy) is 1. The summed E-state index contributed by atoms with van der Waals surface area (Å²) in [5.74, 6) is -0.300. The van der Waals surface area contributed by atoms with Crippen LogP contribution < -0.4 is 5.32 Å². The van der Waals surface area contributed by atoms with E-state index in [0.29, 0.717) is 10.6 Å². The van der Waals surface area contributed by atoms with Crippen molar-refractivity contribution in [2.45, 2.75) is 20.1 Å². The van der Waals surface area contributed by atoms with E-state index in [-0.39, 0.29) is 25.6 Å². The van der Waals surface area contributed by atoms with Gasteiger partial charge in [0.25, 0.3) is 0 Å². The highest BCUT2D eigenvalue weighted by atomic mass is 32.1. The number of carbonyl (C=O) groups excluding carboxylic acids is 2. The molecule has 3 rings (SSSR count). The van der Waals surface area contributed by atoms with Crippen LogP contribution in [0.3, 0.4) is 0 Å². The highest BCUT2D eigenvalue weighted by Gasteiger charge is 2.13. The van der Waals surface area contributed by atoms with Crippen molar-refractivity contribution in [2.24, 2.45) is 0 Å². The van der Waals surface area contributed by atoms with Gasteiger partial charge in [0.15, 0.2) is 10.6 Å². The van der Waals surface area contributed by atoms with Gasteiger partial charge in [-0.3, -0.25) is 19.3 Å². The smallest absolute Gasteiger partial charge is 0.325 e. The molecule has 8 heteroatoms. The number of benzene rings is 2. The second-order valence-corrected chi connectivity index (χ2v) is 6.62. The van der Waals surface area contributed by atoms with E-state index in [0.717, 1.165) is 16.7 Å². The maximum Gasteiger partial charge on any atom is 0.325 e. The van der Waals surface area contributed by atoms with Crippen LogP contribution in [-0.4, -0.2) is 33.2 Å². The SMILES string of the molecule is Cc1cccc(-c2n[nH]c(=S)n2CC(=O)NCC(=O)OCc2ccccc2)c1. The Morgan fingerprint density at radius 1 is 1.18 bits per heavy atom. The van der Waals surface area contributed by atoms with Gasteiger partial charge in [-0.1, -0.05) is 54.1 Å². The van der Waals surface area contributed by atoms with Gasteiger partial charge >= 0.3 is 5.97 Å². The molecular formula is C20H20N4O3S. The number of aromatic amines is 1. The van der Waals surface area contributed by atoms with Crippen molar-refractivity contribution in [3.05, 3.63) is 70.5 Å². The van der Waals surface area contributed by atoms with Gasteiger partial charge in [0, 0.05) is 5.56 Å². The molecule has 3 aromatic rings. The number of H-pyrrole nitrogens is 1. The molecular weight excluding hydrogens is 376 g/mol. The highest BCUT2D eigenvalue weighted by molar-refractivity contribution is 7.71. The van der Waals surface area contributed by atoms with Crippen LogP contribution in [0.2, 0.25) is 0 Å². The first-order chi connectivity index (χ1) is 13.5. The van der Waals surface area contributed by atoms with Crippen LogP contribution in [0.1, 0.15) is 11.1 Å². The van der Waals surface area contributed by atoms with E-state index in [1.807, 2.05) is 61.5 Å². The molecule has 0 saturated carbocycles. The van der Waals surface area contributed by atoms with Crippen molar-refractivity contribution in [1.82, 2.24) is 20.1 Å². The Hall–Kier alpha value is -3.26. The number of carbonyl (C=O) groups is 2. The predicted molar refractivity (Wildman–Crippen MR) is 107 cm³/mol. The fourth-order valence-electron chi connectivity index (χ4n) is 2.63. The lowest BCUT2D eigenvalue weighted by Gasteiger charge is -2.09. The minimum Gasteiger partial charge on any atom is -0.460 e. The number of hydrogen-bond acceptors (Lipinski definition) is 5. The van der Waals surface area contributed by atoms with E-state index in [4.69, 9.17) is 17.0 Å². The zero-order chi connectivity index (χ0) is 19.9. The number of hydrogen-bond donors (Lipinski definition) is 2. The minimum atomic E-state index is -0.507. The lowest BCUT2D eigenvalue weighted by Crippen LogP contribution is -2.33. The molecule has 2 N–H and O–H groups in total. The molecule has 7 nitrogen and oxygen atoms in total. The molecule has 1 aromatic heterocycles. The Labute approximate surface area is 167 Å². The quantitative estimate of drug-likeness (QED) is 0.474. The van der Waals surface area contributed by atoms with E-state index < -0.39 is 5.97 Å². The van der Waals surface area contributed by atoms with Crippen LogP contribution in [0, 0.1) is 11.7 Å². The van der Waals surface area contributed by atoms with Crippen molar-refractivity contribution in [3.63, 3.8) is 0 Å². The van der Waals surface area contributed by atoms with Gasteiger partial charge in [-0.15, -0.1) is 0 Å². The monoisotopic (exact) mass is 396 g/mol. The standard InChI is InChI=1S/C20H20N4O3S/c1-14-6-5-9-16(10-14)19-22-23-20(28)24(19)12-17(25)21-11-18(26)27-13-15-7-3-2-4-8-15/h2-10H,11-13H2,1H3,(H,21,25)(H,23,28). The summed E-state index contributed by atoms with van der Waals surface area (Å²) in [4.78, 5) is 24.1. The molecule has 0 saturated heterocycles. The zero-order valence-corrected chi connectivity index (χ0v) is 16.2. The number of nitrogens with zero attached hydrogens (tertiary/aromatic N) is 2. The first-order valence-electron chi connectivity index (χ1n) is 8.71. The Morgan fingerprint density at radius 3 is 2.71 bits per heavy atom. The molecule has 1 amide bonds. The molecule has 28 heavy (non-hydrogen) atoms. The molecule has 0 radical (unpaired) electrons. The third kappa shape index (κ3) is 5.14. The molecule has 0 aliphatic heterocycles. The number of nitrogens with one attached hydrogen (secondary N) is 2. The van der Waals surface area contributed by atoms with Gasteiger partial charge in [0.2, 0.25) is 5.91 Å². The Kier molecular flexibility index (Phi) is 6.33. The molecule has 0 aliphatic carbocycles. The summed E-state index contributed by atoms with van der Waals surface area (Å²) in [7, 11) is 0. The molecule has 0 atom stereocenters. The van der Waals surface area contributed by atoms with Gasteiger partial charge in [-0.05, 0) is 30.8 Å². The summed E-state index contributed by atoms with van der Waals surface area (Å²) in [5.41, 5.74) is 2.81. The molecule has 1 heterocycles. The second kappa shape index (κ2) is 9.09. The van der Waals surface area contributed by atoms with E-state index in [9.17, 15) is 9.59 Å². The third-order valence-electron chi connectivity index (χ3n) is 4.01. The summed E-state index contributed by atoms with van der Waals surface area (Å²) < 4.78 is 7.07. The van der Waals surface area contributed by atoms with Crippen molar-refractivity contribution in [1.29, 1.82) is 0 Å². The lowest BCUT2D eigenvalue weighted by atomic mass is 10.1. The molecule has 0 unspecified atom stereocenters. The largest absolute Gasteiger partial charge is 0.460 e. The molecule has 2 aromatic carbocycles. The summed E-state index contributed by atoms with van der Waals surface area (Å²) in [6, 6.07) is 17.1. The molecule has 144 valence electrons. The predicted octanol–water partition coefficient (Wildman–Crippen LogP) is 2.78. The van der Waals surface area contributed by atoms with E-state index >= 15 is 0 Å². The fraction of sp³-hybridized carbons (Fsp3) is 0.200. The van der Waals surface area contributed by atoms with Gasteiger partial charge < -0.3 is 10.1 Å². The number of aromatic nitrogens is 3. The van der Waals surface area contributed by atoms with Gasteiger partial charge in [0.1, 0.15) is 19.7 Å². The molecule has 0 spiro atoms. The first kappa shape index (κ1) is 19.5. The Balaban J connectivity index is 1.56. The summed E-state index contributed by atoms with van der Waals surface area (Å²) in [6.45, 7) is 1.88. The molecule has 0 fully saturated rings. The van der Waals surface area contributed by atoms with Crippen LogP contribution in [0.4, 0.5) is 0 Å². The second-order valence-electron chi connectivity index (χ2n) is 6.23. The van der Waals surface area contributed by atoms with Crippen molar-refractivity contribution >= 4 is 24.1 Å². The highest BCUT2D eigenvalue weighted by Crippen LogP contribution is 2.18. The zero-order valence-electron chi connectivity index (χ0n) is 15.3. The van der Waals surface area contributed by atoms with Gasteiger partial charge in [-0.25, -0.2) is 0 Å². The summed E-state index contributed by atoms with van der Waals surface area (Å²) in [5, 5.41) is 9.47. The Bertz CT molecular complexity index is 1030. The van der Waals surface area contributed by atoms with Gasteiger partial charge in [-0.2, -0.15) is 5.10 Å². The average molecular weight is 396 g/mol. The molecule has 0 aliphatic rings. The Morgan fingerprint density at radius 2 is 1.96 bits per heavy atom. The van der Waals surface area contributed by atoms with E-state index in [2.05, 4.69) is 15.5 Å². The lowest BCUT2D eigenvalue weighted by molar-refractivity contribution is -0.145. The van der Waals surface area contributed by atoms with Crippen LogP contribution in [0.25, 0.3) is 11.4 Å².